The van der Waals surface area contributed by atoms with Gasteiger partial charge < -0.3 is 0 Å². The number of nitrogens with zero attached hydrogens (tertiary/aromatic N) is 1. The maximum atomic E-state index is 5.99. The molecule has 1 aromatic carbocycles. The summed E-state index contributed by atoms with van der Waals surface area (Å²) in [5.74, 6) is 0.243. The molecule has 1 aliphatic heterocycles. The number of fused-ring (bicyclic) bond motifs is 2. The van der Waals surface area contributed by atoms with Crippen LogP contribution in [0.4, 0.5) is 0 Å². The lowest BCUT2D eigenvalue weighted by atomic mass is 9.92. The van der Waals surface area contributed by atoms with Gasteiger partial charge in [-0.1, -0.05) is 63.9 Å². The molecule has 2 unspecified atom stereocenters. The van der Waals surface area contributed by atoms with Crippen LogP contribution in [-0.2, 0) is 0 Å². The highest BCUT2D eigenvalue weighted by atomic mass is 79.9. The first-order valence-electron chi connectivity index (χ1n) is 5.12. The summed E-state index contributed by atoms with van der Waals surface area (Å²) in [5.41, 5.74) is 1.10. The van der Waals surface area contributed by atoms with Gasteiger partial charge in [0.2, 0.25) is 0 Å². The number of allylic oxidation sites excluding steroid dienone is 1. The van der Waals surface area contributed by atoms with Crippen LogP contribution in [0.2, 0.25) is 0 Å². The number of halogens is 2. The number of hydrogen-bond acceptors (Lipinski definition) is 1. The van der Waals surface area contributed by atoms with Crippen LogP contribution in [0.5, 0.6) is 0 Å². The molecular formula is C13H9BrClN. The van der Waals surface area contributed by atoms with Crippen molar-refractivity contribution in [3.63, 3.8) is 0 Å². The van der Waals surface area contributed by atoms with Crippen molar-refractivity contribution in [1.29, 1.82) is 0 Å². The van der Waals surface area contributed by atoms with Crippen molar-refractivity contribution in [3.05, 3.63) is 45.8 Å². The van der Waals surface area contributed by atoms with Gasteiger partial charge in [-0.05, 0) is 5.22 Å². The molecule has 1 aromatic rings. The zero-order valence-corrected chi connectivity index (χ0v) is 10.7. The van der Waals surface area contributed by atoms with Crippen molar-refractivity contribution in [2.24, 2.45) is 10.9 Å². The van der Waals surface area contributed by atoms with Crippen LogP contribution in [0.25, 0.3) is 11.8 Å². The van der Waals surface area contributed by atoms with E-state index in [0.29, 0.717) is 5.03 Å². The van der Waals surface area contributed by atoms with E-state index in [1.807, 2.05) is 12.1 Å². The number of hydrogen-bond donors (Lipinski definition) is 0. The van der Waals surface area contributed by atoms with E-state index in [-0.39, 0.29) is 10.7 Å². The van der Waals surface area contributed by atoms with Crippen LogP contribution in [0.1, 0.15) is 0 Å². The van der Waals surface area contributed by atoms with Gasteiger partial charge in [0.1, 0.15) is 0 Å². The molecule has 2 atom stereocenters. The predicted octanol–water partition coefficient (Wildman–Crippen LogP) is 2.18. The molecule has 0 bridgehead atoms. The van der Waals surface area contributed by atoms with Crippen LogP contribution >= 0.6 is 27.5 Å². The Morgan fingerprint density at radius 1 is 1.19 bits per heavy atom. The molecule has 2 aliphatic rings. The van der Waals surface area contributed by atoms with Crippen LogP contribution in [0, 0.1) is 5.92 Å². The summed E-state index contributed by atoms with van der Waals surface area (Å²) in [4.78, 5) is 4.73. The minimum absolute atomic E-state index is 0.243. The fourth-order valence-corrected chi connectivity index (χ4v) is 3.03. The molecule has 0 fully saturated rings. The van der Waals surface area contributed by atoms with Gasteiger partial charge in [0.05, 0.1) is 10.7 Å². The lowest BCUT2D eigenvalue weighted by molar-refractivity contribution is 0.866. The highest BCUT2D eigenvalue weighted by Gasteiger charge is 2.25. The summed E-state index contributed by atoms with van der Waals surface area (Å²) in [6.45, 7) is 0. The topological polar surface area (TPSA) is 12.4 Å². The smallest absolute Gasteiger partial charge is 0.0566 e. The molecule has 80 valence electrons. The van der Waals surface area contributed by atoms with Gasteiger partial charge in [-0.25, -0.2) is 0 Å². The fraction of sp³-hybridized carbons (Fsp3) is 0.154. The first-order valence-corrected chi connectivity index (χ1v) is 6.41. The average molecular weight is 295 g/mol. The molecule has 0 radical (unpaired) electrons. The van der Waals surface area contributed by atoms with Crippen LogP contribution in [0.3, 0.4) is 0 Å². The van der Waals surface area contributed by atoms with Crippen molar-refractivity contribution < 1.29 is 0 Å². The predicted molar refractivity (Wildman–Crippen MR) is 72.2 cm³/mol. The maximum absolute atomic E-state index is 5.99. The van der Waals surface area contributed by atoms with E-state index in [0.717, 1.165) is 5.70 Å². The summed E-state index contributed by atoms with van der Waals surface area (Å²) in [6, 6.07) is 8.31. The average Bonchev–Trinajstić information content (AvgIpc) is 2.29. The molecule has 3 heteroatoms. The van der Waals surface area contributed by atoms with E-state index in [4.69, 9.17) is 11.6 Å². The van der Waals surface area contributed by atoms with Crippen molar-refractivity contribution in [2.75, 3.05) is 0 Å². The van der Waals surface area contributed by atoms with Gasteiger partial charge in [-0.2, -0.15) is 0 Å². The van der Waals surface area contributed by atoms with Gasteiger partial charge in [0, 0.05) is 22.2 Å². The highest BCUT2D eigenvalue weighted by molar-refractivity contribution is 9.09. The normalized spacial score (nSPS) is 26.6. The monoisotopic (exact) mass is 293 g/mol. The largest absolute Gasteiger partial charge is 0.258 e. The summed E-state index contributed by atoms with van der Waals surface area (Å²) in [7, 11) is 0. The molecule has 0 spiro atoms. The Balaban J connectivity index is 2.35. The molecular weight excluding hydrogens is 286 g/mol. The molecule has 1 heterocycles. The zero-order chi connectivity index (χ0) is 11.1. The summed E-state index contributed by atoms with van der Waals surface area (Å²) in [5, 5.41) is 3.16. The Morgan fingerprint density at radius 3 is 2.88 bits per heavy atom. The molecule has 16 heavy (non-hydrogen) atoms. The lowest BCUT2D eigenvalue weighted by Crippen LogP contribution is -2.36. The van der Waals surface area contributed by atoms with Gasteiger partial charge in [-0.15, -0.1) is 0 Å². The standard InChI is InChI=1S/C13H9BrClN/c14-12-5-8-3-1-2-4-10(8)13-11(12)6-9(15)7-16-13/h1-7,11-12H. The second-order valence-corrected chi connectivity index (χ2v) is 5.41. The van der Waals surface area contributed by atoms with Crippen molar-refractivity contribution in [1.82, 2.24) is 0 Å². The van der Waals surface area contributed by atoms with Crippen LogP contribution in [0.15, 0.2) is 40.4 Å². The third-order valence-corrected chi connectivity index (χ3v) is 3.96. The summed E-state index contributed by atoms with van der Waals surface area (Å²) < 4.78 is 0. The zero-order valence-electron chi connectivity index (χ0n) is 8.40. The van der Waals surface area contributed by atoms with Gasteiger partial charge in [-0.3, -0.25) is 4.99 Å². The molecule has 0 aromatic heterocycles. The number of alkyl halides is 1. The Bertz CT molecular complexity index is 615. The van der Waals surface area contributed by atoms with E-state index in [1.54, 1.807) is 6.21 Å². The van der Waals surface area contributed by atoms with Crippen molar-refractivity contribution in [2.45, 2.75) is 4.83 Å². The van der Waals surface area contributed by atoms with Crippen molar-refractivity contribution >= 4 is 45.5 Å². The third-order valence-electron chi connectivity index (χ3n) is 2.90. The maximum Gasteiger partial charge on any atom is 0.0566 e. The Labute approximate surface area is 107 Å². The second kappa shape index (κ2) is 3.86. The molecule has 3 rings (SSSR count). The minimum Gasteiger partial charge on any atom is -0.258 e. The first-order chi connectivity index (χ1) is 7.75. The summed E-state index contributed by atoms with van der Waals surface area (Å²) in [6.07, 6.45) is 5.98. The Morgan fingerprint density at radius 2 is 2.00 bits per heavy atom. The van der Waals surface area contributed by atoms with E-state index >= 15 is 0 Å². The number of aliphatic imine (C=N–C) groups is 1. The quantitative estimate of drug-likeness (QED) is 0.650. The number of dihydropyridines is 1. The van der Waals surface area contributed by atoms with Gasteiger partial charge in [0.15, 0.2) is 0 Å². The molecule has 0 N–H and O–H groups in total. The minimum atomic E-state index is 0.243. The van der Waals surface area contributed by atoms with Crippen LogP contribution in [-0.4, -0.2) is 11.0 Å². The van der Waals surface area contributed by atoms with E-state index < -0.39 is 0 Å². The van der Waals surface area contributed by atoms with Gasteiger partial charge in [0.25, 0.3) is 0 Å². The van der Waals surface area contributed by atoms with E-state index in [9.17, 15) is 0 Å². The molecule has 1 aliphatic carbocycles. The molecule has 0 amide bonds. The Kier molecular flexibility index (Phi) is 2.49. The SMILES string of the molecule is ClC1=CC2C(=c3ccccc3=CC2Br)N=C1. The number of rotatable bonds is 0. The van der Waals surface area contributed by atoms with E-state index in [1.165, 1.54) is 10.4 Å². The second-order valence-electron chi connectivity index (χ2n) is 3.92. The van der Waals surface area contributed by atoms with Crippen LogP contribution < -0.4 is 10.4 Å². The first kappa shape index (κ1) is 10.3. The number of benzene rings is 1. The Hall–Kier alpha value is -0.860. The molecule has 0 saturated carbocycles. The fourth-order valence-electron chi connectivity index (χ4n) is 2.15. The summed E-state index contributed by atoms with van der Waals surface area (Å²) >= 11 is 9.67. The van der Waals surface area contributed by atoms with Crippen molar-refractivity contribution in [3.8, 4) is 0 Å². The molecule has 1 nitrogen and oxygen atoms in total. The lowest BCUT2D eigenvalue weighted by Gasteiger charge is -2.23. The third kappa shape index (κ3) is 1.57. The highest BCUT2D eigenvalue weighted by Crippen LogP contribution is 2.30. The van der Waals surface area contributed by atoms with E-state index in [2.05, 4.69) is 45.2 Å². The van der Waals surface area contributed by atoms with Gasteiger partial charge >= 0.3 is 0 Å². The molecule has 0 saturated heterocycles.